The Labute approximate surface area is 122 Å². The first-order valence-electron chi connectivity index (χ1n) is 8.49. The van der Waals surface area contributed by atoms with Crippen LogP contribution in [0.5, 0.6) is 0 Å². The van der Waals surface area contributed by atoms with E-state index in [1.807, 2.05) is 6.20 Å². The second-order valence-electron chi connectivity index (χ2n) is 7.30. The zero-order valence-corrected chi connectivity index (χ0v) is 12.5. The largest absolute Gasteiger partial charge is 0.308 e. The minimum Gasteiger partial charge on any atom is -0.308 e. The van der Waals surface area contributed by atoms with Crippen LogP contribution < -0.4 is 5.32 Å². The fourth-order valence-corrected chi connectivity index (χ4v) is 5.43. The van der Waals surface area contributed by atoms with Crippen LogP contribution in [0.3, 0.4) is 0 Å². The molecule has 0 aromatic carbocycles. The molecule has 108 valence electrons. The zero-order chi connectivity index (χ0) is 13.5. The summed E-state index contributed by atoms with van der Waals surface area (Å²) in [6.07, 6.45) is 10.5. The van der Waals surface area contributed by atoms with Crippen molar-refractivity contribution < 1.29 is 0 Å². The highest BCUT2D eigenvalue weighted by molar-refractivity contribution is 5.19. The summed E-state index contributed by atoms with van der Waals surface area (Å²) in [5, 5.41) is 3.89. The summed E-state index contributed by atoms with van der Waals surface area (Å²) in [5.41, 5.74) is 2.67. The molecular formula is C18H26N2. The van der Waals surface area contributed by atoms with Crippen molar-refractivity contribution >= 4 is 0 Å². The Kier molecular flexibility index (Phi) is 3.30. The number of nitrogens with one attached hydrogen (secondary N) is 1. The van der Waals surface area contributed by atoms with Crippen molar-refractivity contribution in [3.05, 3.63) is 29.6 Å². The SMILES string of the molecule is CCc1cccnc1CNC1C2CC3CC(C2)CC1C3. The summed E-state index contributed by atoms with van der Waals surface area (Å²) in [6.45, 7) is 3.19. The van der Waals surface area contributed by atoms with E-state index in [1.165, 1.54) is 36.9 Å². The average Bonchev–Trinajstić information content (AvgIpc) is 2.46. The molecular weight excluding hydrogens is 244 g/mol. The zero-order valence-electron chi connectivity index (χ0n) is 12.5. The van der Waals surface area contributed by atoms with Gasteiger partial charge in [-0.2, -0.15) is 0 Å². The van der Waals surface area contributed by atoms with Crippen molar-refractivity contribution in [3.63, 3.8) is 0 Å². The summed E-state index contributed by atoms with van der Waals surface area (Å²) in [7, 11) is 0. The van der Waals surface area contributed by atoms with Crippen LogP contribution in [0.1, 0.15) is 50.3 Å². The predicted octanol–water partition coefficient (Wildman–Crippen LogP) is 3.56. The maximum atomic E-state index is 4.59. The van der Waals surface area contributed by atoms with Crippen molar-refractivity contribution in [3.8, 4) is 0 Å². The number of aromatic nitrogens is 1. The van der Waals surface area contributed by atoms with E-state index < -0.39 is 0 Å². The molecule has 2 heteroatoms. The summed E-state index contributed by atoms with van der Waals surface area (Å²) >= 11 is 0. The standard InChI is InChI=1S/C18H26N2/c1-2-14-4-3-5-19-17(14)11-20-18-15-7-12-6-13(9-15)10-16(18)8-12/h3-5,12-13,15-16,18,20H,2,6-11H2,1H3. The molecule has 0 atom stereocenters. The highest BCUT2D eigenvalue weighted by atomic mass is 15.0. The van der Waals surface area contributed by atoms with E-state index in [1.54, 1.807) is 6.42 Å². The van der Waals surface area contributed by atoms with Crippen LogP contribution in [-0.4, -0.2) is 11.0 Å². The van der Waals surface area contributed by atoms with Gasteiger partial charge in [0.05, 0.1) is 5.69 Å². The van der Waals surface area contributed by atoms with Crippen LogP contribution >= 0.6 is 0 Å². The lowest BCUT2D eigenvalue weighted by atomic mass is 9.54. The van der Waals surface area contributed by atoms with Crippen LogP contribution in [0, 0.1) is 23.7 Å². The Morgan fingerprint density at radius 1 is 1.10 bits per heavy atom. The lowest BCUT2D eigenvalue weighted by Crippen LogP contribution is -2.54. The first-order valence-corrected chi connectivity index (χ1v) is 8.49. The van der Waals surface area contributed by atoms with Gasteiger partial charge in [0.15, 0.2) is 0 Å². The van der Waals surface area contributed by atoms with Crippen molar-refractivity contribution in [2.45, 2.75) is 58.0 Å². The lowest BCUT2D eigenvalue weighted by molar-refractivity contribution is -0.0143. The lowest BCUT2D eigenvalue weighted by Gasteiger charge is -2.54. The molecule has 0 saturated heterocycles. The molecule has 4 fully saturated rings. The molecule has 4 bridgehead atoms. The number of aryl methyl sites for hydroxylation is 1. The third-order valence-electron chi connectivity index (χ3n) is 6.10. The fourth-order valence-electron chi connectivity index (χ4n) is 5.43. The quantitative estimate of drug-likeness (QED) is 0.905. The van der Waals surface area contributed by atoms with Crippen molar-refractivity contribution in [1.82, 2.24) is 10.3 Å². The molecule has 20 heavy (non-hydrogen) atoms. The van der Waals surface area contributed by atoms with E-state index in [0.717, 1.165) is 42.7 Å². The smallest absolute Gasteiger partial charge is 0.0573 e. The van der Waals surface area contributed by atoms with E-state index in [4.69, 9.17) is 0 Å². The summed E-state index contributed by atoms with van der Waals surface area (Å²) in [4.78, 5) is 4.59. The van der Waals surface area contributed by atoms with Gasteiger partial charge in [-0.3, -0.25) is 4.98 Å². The molecule has 5 rings (SSSR count). The Morgan fingerprint density at radius 2 is 1.80 bits per heavy atom. The van der Waals surface area contributed by atoms with Gasteiger partial charge in [0.1, 0.15) is 0 Å². The van der Waals surface area contributed by atoms with Gasteiger partial charge < -0.3 is 5.32 Å². The second-order valence-corrected chi connectivity index (χ2v) is 7.30. The molecule has 0 spiro atoms. The molecule has 0 amide bonds. The van der Waals surface area contributed by atoms with Crippen LogP contribution in [0.25, 0.3) is 0 Å². The number of pyridine rings is 1. The van der Waals surface area contributed by atoms with Gasteiger partial charge in [0, 0.05) is 18.8 Å². The molecule has 1 heterocycles. The number of hydrogen-bond donors (Lipinski definition) is 1. The highest BCUT2D eigenvalue weighted by Crippen LogP contribution is 2.53. The minimum atomic E-state index is 0.773. The topological polar surface area (TPSA) is 24.9 Å². The summed E-state index contributed by atoms with van der Waals surface area (Å²) in [6, 6.07) is 5.06. The highest BCUT2D eigenvalue weighted by Gasteiger charge is 2.47. The van der Waals surface area contributed by atoms with Crippen molar-refractivity contribution in [1.29, 1.82) is 0 Å². The molecule has 1 aromatic heterocycles. The van der Waals surface area contributed by atoms with E-state index in [0.29, 0.717) is 0 Å². The second kappa shape index (κ2) is 5.14. The van der Waals surface area contributed by atoms with Gasteiger partial charge in [0.25, 0.3) is 0 Å². The van der Waals surface area contributed by atoms with Crippen LogP contribution in [0.4, 0.5) is 0 Å². The van der Waals surface area contributed by atoms with E-state index in [-0.39, 0.29) is 0 Å². The Bertz CT molecular complexity index is 454. The van der Waals surface area contributed by atoms with E-state index in [9.17, 15) is 0 Å². The molecule has 1 aromatic rings. The molecule has 0 aliphatic heterocycles. The third-order valence-corrected chi connectivity index (χ3v) is 6.10. The van der Waals surface area contributed by atoms with Gasteiger partial charge >= 0.3 is 0 Å². The Hall–Kier alpha value is -0.890. The predicted molar refractivity (Wildman–Crippen MR) is 81.3 cm³/mol. The van der Waals surface area contributed by atoms with Gasteiger partial charge in [-0.25, -0.2) is 0 Å². The number of rotatable bonds is 4. The van der Waals surface area contributed by atoms with Gasteiger partial charge in [-0.15, -0.1) is 0 Å². The molecule has 4 saturated carbocycles. The van der Waals surface area contributed by atoms with Crippen molar-refractivity contribution in [2.75, 3.05) is 0 Å². The van der Waals surface area contributed by atoms with E-state index >= 15 is 0 Å². The number of hydrogen-bond acceptors (Lipinski definition) is 2. The normalized spacial score (nSPS) is 38.4. The van der Waals surface area contributed by atoms with Gasteiger partial charge in [-0.1, -0.05) is 13.0 Å². The van der Waals surface area contributed by atoms with Gasteiger partial charge in [-0.05, 0) is 73.8 Å². The van der Waals surface area contributed by atoms with Crippen LogP contribution in [0.15, 0.2) is 18.3 Å². The van der Waals surface area contributed by atoms with E-state index in [2.05, 4.69) is 29.4 Å². The molecule has 0 unspecified atom stereocenters. The molecule has 1 N–H and O–H groups in total. The molecule has 2 nitrogen and oxygen atoms in total. The van der Waals surface area contributed by atoms with Gasteiger partial charge in [0.2, 0.25) is 0 Å². The fraction of sp³-hybridized carbons (Fsp3) is 0.722. The maximum Gasteiger partial charge on any atom is 0.0573 e. The number of nitrogens with zero attached hydrogens (tertiary/aromatic N) is 1. The van der Waals surface area contributed by atoms with Crippen molar-refractivity contribution in [2.24, 2.45) is 23.7 Å². The summed E-state index contributed by atoms with van der Waals surface area (Å²) in [5.74, 6) is 4.05. The Balaban J connectivity index is 1.45. The summed E-state index contributed by atoms with van der Waals surface area (Å²) < 4.78 is 0. The third kappa shape index (κ3) is 2.18. The van der Waals surface area contributed by atoms with Crippen LogP contribution in [-0.2, 0) is 13.0 Å². The average molecular weight is 270 g/mol. The monoisotopic (exact) mass is 270 g/mol. The molecule has 0 radical (unpaired) electrons. The molecule has 4 aliphatic carbocycles. The Morgan fingerprint density at radius 3 is 2.45 bits per heavy atom. The first kappa shape index (κ1) is 12.8. The molecule has 4 aliphatic rings. The first-order chi connectivity index (χ1) is 9.83. The van der Waals surface area contributed by atoms with Crippen LogP contribution in [0.2, 0.25) is 0 Å². The maximum absolute atomic E-state index is 4.59. The minimum absolute atomic E-state index is 0.773.